The molecule has 100 valence electrons. The van der Waals surface area contributed by atoms with Crippen LogP contribution in [0.25, 0.3) is 0 Å². The number of hydrogen-bond acceptors (Lipinski definition) is 3. The molecule has 0 aromatic heterocycles. The van der Waals surface area contributed by atoms with Gasteiger partial charge in [0.2, 0.25) is 0 Å². The molecule has 1 aromatic rings. The first-order chi connectivity index (χ1) is 9.13. The second-order valence-electron chi connectivity index (χ2n) is 5.88. The summed E-state index contributed by atoms with van der Waals surface area (Å²) in [6.07, 6.45) is 2.17. The maximum atomic E-state index is 11.3. The summed E-state index contributed by atoms with van der Waals surface area (Å²) in [7, 11) is 0. The van der Waals surface area contributed by atoms with Crippen molar-refractivity contribution in [3.8, 4) is 6.07 Å². The van der Waals surface area contributed by atoms with E-state index < -0.39 is 11.0 Å². The van der Waals surface area contributed by atoms with Gasteiger partial charge in [0, 0.05) is 6.61 Å². The number of aliphatic hydroxyl groups is 1. The van der Waals surface area contributed by atoms with Crippen LogP contribution in [0, 0.1) is 16.7 Å². The van der Waals surface area contributed by atoms with Gasteiger partial charge in [-0.15, -0.1) is 0 Å². The summed E-state index contributed by atoms with van der Waals surface area (Å²) in [4.78, 5) is 0. The molecule has 0 radical (unpaired) electrons. The molecule has 0 amide bonds. The van der Waals surface area contributed by atoms with Gasteiger partial charge < -0.3 is 9.84 Å². The molecule has 1 heterocycles. The summed E-state index contributed by atoms with van der Waals surface area (Å²) in [5.74, 6) is 0.439. The third-order valence-corrected chi connectivity index (χ3v) is 4.90. The van der Waals surface area contributed by atoms with E-state index in [-0.39, 0.29) is 0 Å². The largest absolute Gasteiger partial charge is 0.383 e. The minimum Gasteiger partial charge on any atom is -0.383 e. The van der Waals surface area contributed by atoms with Gasteiger partial charge in [0.15, 0.2) is 0 Å². The first kappa shape index (κ1) is 12.7. The van der Waals surface area contributed by atoms with Crippen LogP contribution in [0.15, 0.2) is 24.3 Å². The third-order valence-electron chi connectivity index (χ3n) is 4.90. The van der Waals surface area contributed by atoms with Crippen molar-refractivity contribution >= 4 is 0 Å². The van der Waals surface area contributed by atoms with Crippen molar-refractivity contribution in [2.45, 2.75) is 37.7 Å². The molecule has 1 aliphatic carbocycles. The lowest BCUT2D eigenvalue weighted by Crippen LogP contribution is -2.48. The first-order valence-corrected chi connectivity index (χ1v) is 6.94. The fourth-order valence-corrected chi connectivity index (χ4v) is 3.59. The fraction of sp³-hybridized carbons (Fsp3) is 0.562. The molecule has 19 heavy (non-hydrogen) atoms. The number of ether oxygens (including phenoxy) is 1. The van der Waals surface area contributed by atoms with Gasteiger partial charge >= 0.3 is 0 Å². The second kappa shape index (κ2) is 4.33. The summed E-state index contributed by atoms with van der Waals surface area (Å²) in [6.45, 7) is 3.08. The van der Waals surface area contributed by atoms with Crippen molar-refractivity contribution in [2.24, 2.45) is 5.41 Å². The van der Waals surface area contributed by atoms with Crippen LogP contribution in [-0.2, 0) is 10.3 Å². The lowest BCUT2D eigenvalue weighted by Gasteiger charge is -2.45. The Morgan fingerprint density at radius 1 is 1.37 bits per heavy atom. The average molecular weight is 257 g/mol. The minimum absolute atomic E-state index is 0.336. The van der Waals surface area contributed by atoms with Crippen molar-refractivity contribution in [1.82, 2.24) is 0 Å². The number of fused-ring (bicyclic) bond motifs is 1. The number of rotatable bonds is 1. The van der Waals surface area contributed by atoms with E-state index in [1.54, 1.807) is 0 Å². The molecule has 1 aliphatic heterocycles. The topological polar surface area (TPSA) is 53.2 Å². The highest BCUT2D eigenvalue weighted by Gasteiger charge is 2.56. The van der Waals surface area contributed by atoms with E-state index in [0.717, 1.165) is 12.0 Å². The Kier molecular flexibility index (Phi) is 2.88. The quantitative estimate of drug-likeness (QED) is 0.841. The highest BCUT2D eigenvalue weighted by Crippen LogP contribution is 2.53. The van der Waals surface area contributed by atoms with Crippen LogP contribution in [0.4, 0.5) is 0 Å². The average Bonchev–Trinajstić information content (AvgIpc) is 2.94. The van der Waals surface area contributed by atoms with Gasteiger partial charge in [-0.1, -0.05) is 31.2 Å². The zero-order chi connectivity index (χ0) is 13.5. The van der Waals surface area contributed by atoms with Gasteiger partial charge in [0.25, 0.3) is 0 Å². The van der Waals surface area contributed by atoms with Gasteiger partial charge in [-0.3, -0.25) is 0 Å². The second-order valence-corrected chi connectivity index (χ2v) is 5.88. The van der Waals surface area contributed by atoms with Crippen LogP contribution >= 0.6 is 0 Å². The fourth-order valence-electron chi connectivity index (χ4n) is 3.59. The van der Waals surface area contributed by atoms with Gasteiger partial charge in [-0.25, -0.2) is 0 Å². The standard InChI is InChI=1S/C16H19NO2/c1-12-6-7-16(18,14-5-3-2-4-13(12)14)15(10-17)8-9-19-11-15/h2-5,12,18H,6-9,11H2,1H3. The van der Waals surface area contributed by atoms with Crippen LogP contribution in [0.1, 0.15) is 43.2 Å². The summed E-state index contributed by atoms with van der Waals surface area (Å²) < 4.78 is 5.43. The maximum Gasteiger partial charge on any atom is 0.116 e. The Bertz CT molecular complexity index is 528. The molecule has 3 atom stereocenters. The van der Waals surface area contributed by atoms with E-state index in [1.165, 1.54) is 5.56 Å². The van der Waals surface area contributed by atoms with Gasteiger partial charge in [0.1, 0.15) is 11.0 Å². The normalized spacial score (nSPS) is 37.6. The Morgan fingerprint density at radius 2 is 2.16 bits per heavy atom. The monoisotopic (exact) mass is 257 g/mol. The molecule has 0 bridgehead atoms. The van der Waals surface area contributed by atoms with Crippen LogP contribution in [0.3, 0.4) is 0 Å². The molecule has 1 fully saturated rings. The number of nitriles is 1. The molecule has 0 saturated carbocycles. The van der Waals surface area contributed by atoms with Crippen LogP contribution in [0.5, 0.6) is 0 Å². The molecule has 3 unspecified atom stereocenters. The number of nitrogens with zero attached hydrogens (tertiary/aromatic N) is 1. The molecule has 3 rings (SSSR count). The highest BCUT2D eigenvalue weighted by molar-refractivity contribution is 5.41. The molecular weight excluding hydrogens is 238 g/mol. The Hall–Kier alpha value is -1.37. The molecule has 3 heteroatoms. The minimum atomic E-state index is -1.07. The third kappa shape index (κ3) is 1.64. The van der Waals surface area contributed by atoms with Gasteiger partial charge in [-0.05, 0) is 36.3 Å². The first-order valence-electron chi connectivity index (χ1n) is 6.94. The predicted octanol–water partition coefficient (Wildman–Crippen LogP) is 2.70. The van der Waals surface area contributed by atoms with Crippen molar-refractivity contribution in [3.63, 3.8) is 0 Å². The van der Waals surface area contributed by atoms with Gasteiger partial charge in [0.05, 0.1) is 12.7 Å². The molecule has 2 aliphatic rings. The van der Waals surface area contributed by atoms with E-state index in [9.17, 15) is 10.4 Å². The maximum absolute atomic E-state index is 11.3. The van der Waals surface area contributed by atoms with E-state index in [4.69, 9.17) is 4.74 Å². The summed E-state index contributed by atoms with van der Waals surface area (Å²) in [5.41, 5.74) is 0.253. The molecular formula is C16H19NO2. The van der Waals surface area contributed by atoms with Crippen LogP contribution in [0.2, 0.25) is 0 Å². The Labute approximate surface area is 113 Å². The van der Waals surface area contributed by atoms with Crippen molar-refractivity contribution in [1.29, 1.82) is 5.26 Å². The summed E-state index contributed by atoms with van der Waals surface area (Å²) in [6, 6.07) is 10.4. The SMILES string of the molecule is CC1CCC(O)(C2(C#N)CCOC2)c2ccccc21. The Morgan fingerprint density at radius 3 is 2.84 bits per heavy atom. The molecule has 3 nitrogen and oxygen atoms in total. The molecule has 0 spiro atoms. The Balaban J connectivity index is 2.15. The molecule has 1 N–H and O–H groups in total. The summed E-state index contributed by atoms with van der Waals surface area (Å²) >= 11 is 0. The van der Waals surface area contributed by atoms with E-state index >= 15 is 0 Å². The highest BCUT2D eigenvalue weighted by atomic mass is 16.5. The molecule has 1 saturated heterocycles. The molecule has 1 aromatic carbocycles. The van der Waals surface area contributed by atoms with Crippen molar-refractivity contribution in [2.75, 3.05) is 13.2 Å². The summed E-state index contributed by atoms with van der Waals surface area (Å²) in [5, 5.41) is 20.9. The van der Waals surface area contributed by atoms with Crippen LogP contribution < -0.4 is 0 Å². The van der Waals surface area contributed by atoms with Gasteiger partial charge in [-0.2, -0.15) is 5.26 Å². The number of benzene rings is 1. The van der Waals surface area contributed by atoms with E-state index in [1.807, 2.05) is 18.2 Å². The van der Waals surface area contributed by atoms with E-state index in [2.05, 4.69) is 19.1 Å². The zero-order valence-electron chi connectivity index (χ0n) is 11.2. The number of hydrogen-bond donors (Lipinski definition) is 1. The smallest absolute Gasteiger partial charge is 0.116 e. The van der Waals surface area contributed by atoms with E-state index in [0.29, 0.717) is 32.0 Å². The lowest BCUT2D eigenvalue weighted by molar-refractivity contribution is -0.0791. The lowest BCUT2D eigenvalue weighted by atomic mass is 9.61. The van der Waals surface area contributed by atoms with Crippen molar-refractivity contribution < 1.29 is 9.84 Å². The zero-order valence-corrected chi connectivity index (χ0v) is 11.2. The van der Waals surface area contributed by atoms with Crippen molar-refractivity contribution in [3.05, 3.63) is 35.4 Å². The predicted molar refractivity (Wildman–Crippen MR) is 71.5 cm³/mol. The van der Waals surface area contributed by atoms with Crippen LogP contribution in [-0.4, -0.2) is 18.3 Å².